The number of carbonyl (C=O) groups excluding carboxylic acids is 2. The summed E-state index contributed by atoms with van der Waals surface area (Å²) < 4.78 is 13.1. The molecule has 240 valence electrons. The molecule has 6 rings (SSSR count). The zero-order chi connectivity index (χ0) is 33.5. The Morgan fingerprint density at radius 2 is 1.57 bits per heavy atom. The van der Waals surface area contributed by atoms with Gasteiger partial charge in [0, 0.05) is 29.0 Å². The highest BCUT2D eigenvalue weighted by molar-refractivity contribution is 6.42. The number of halogens is 3. The summed E-state index contributed by atoms with van der Waals surface area (Å²) in [6.07, 6.45) is 1.28. The molecule has 2 N–H and O–H groups in total. The minimum Gasteiger partial charge on any atom is -0.507 e. The van der Waals surface area contributed by atoms with E-state index in [1.807, 2.05) is 62.4 Å². The zero-order valence-electron chi connectivity index (χ0n) is 25.5. The number of carbonyl (C=O) groups is 2. The second-order valence-electron chi connectivity index (χ2n) is 11.9. The van der Waals surface area contributed by atoms with E-state index in [9.17, 15) is 19.8 Å². The largest absolute Gasteiger partial charge is 0.507 e. The fourth-order valence-electron chi connectivity index (χ4n) is 6.56. The number of ether oxygens (including phenoxy) is 2. The summed E-state index contributed by atoms with van der Waals surface area (Å²) in [4.78, 5) is 25.4. The van der Waals surface area contributed by atoms with Gasteiger partial charge in [0.15, 0.2) is 5.60 Å². The van der Waals surface area contributed by atoms with Crippen LogP contribution >= 0.6 is 34.8 Å². The quantitative estimate of drug-likeness (QED) is 0.170. The average molecular weight is 690 g/mol. The van der Waals surface area contributed by atoms with Crippen molar-refractivity contribution in [2.24, 2.45) is 11.8 Å². The van der Waals surface area contributed by atoms with Gasteiger partial charge in [0.1, 0.15) is 29.1 Å². The molecule has 4 aromatic rings. The van der Waals surface area contributed by atoms with Gasteiger partial charge in [-0.1, -0.05) is 121 Å². The molecular formula is C38H31Cl3O6. The molecule has 0 aromatic heterocycles. The number of phenols is 1. The molecule has 6 nitrogen and oxygen atoms in total. The van der Waals surface area contributed by atoms with Crippen LogP contribution in [-0.4, -0.2) is 28.6 Å². The summed E-state index contributed by atoms with van der Waals surface area (Å²) in [6, 6.07) is 24.8. The molecule has 3 atom stereocenters. The molecule has 0 saturated carbocycles. The lowest BCUT2D eigenvalue weighted by Crippen LogP contribution is -2.51. The standard InChI is InChI=1S/C38H31Cl3O6/c1-21(2)31(43)16-13-24-17-26-36(32(34(24)44)22-9-5-3-6-10-22)47-37-27(19-30(41)35(45)33(37)23-11-7-4-8-12-23)38(26,46-20-42)25-14-15-28(39)29(40)18-25/h3-12,14-15,17-21,26,36,44-45H,13,16H2,1-2H3. The predicted octanol–water partition coefficient (Wildman–Crippen LogP) is 9.73. The van der Waals surface area contributed by atoms with Crippen LogP contribution in [0.3, 0.4) is 0 Å². The number of Topliss-reactive ketones (excluding diaryl/α,β-unsaturated/α-hetero) is 1. The Bertz CT molecular complexity index is 1920. The SMILES string of the molecule is CC(C)C(=O)CCC1=CC2C(Oc3c(cc(Cl)c(O)c3-c3ccccc3)C2(OC=O)c2ccc(Cl)c(Cl)c2)C(c2ccccc2)=C1O. The molecule has 0 amide bonds. The number of hydrogen-bond acceptors (Lipinski definition) is 6. The van der Waals surface area contributed by atoms with Crippen molar-refractivity contribution in [2.75, 3.05) is 0 Å². The Hall–Kier alpha value is -4.23. The maximum atomic E-state index is 12.8. The van der Waals surface area contributed by atoms with Crippen molar-refractivity contribution in [3.05, 3.63) is 134 Å². The highest BCUT2D eigenvalue weighted by Gasteiger charge is 2.57. The van der Waals surface area contributed by atoms with Crippen LogP contribution in [0.5, 0.6) is 11.5 Å². The van der Waals surface area contributed by atoms with E-state index in [2.05, 4.69) is 0 Å². The molecular weight excluding hydrogens is 659 g/mol. The van der Waals surface area contributed by atoms with Crippen LogP contribution in [0.25, 0.3) is 16.7 Å². The van der Waals surface area contributed by atoms with E-state index in [-0.39, 0.29) is 57.4 Å². The van der Waals surface area contributed by atoms with E-state index in [1.165, 1.54) is 6.07 Å². The van der Waals surface area contributed by atoms with Gasteiger partial charge in [0.25, 0.3) is 6.47 Å². The van der Waals surface area contributed by atoms with Gasteiger partial charge in [-0.2, -0.15) is 0 Å². The van der Waals surface area contributed by atoms with Gasteiger partial charge in [-0.25, -0.2) is 0 Å². The first-order chi connectivity index (χ1) is 22.6. The molecule has 2 aliphatic rings. The number of allylic oxidation sites excluding steroid dienone is 1. The van der Waals surface area contributed by atoms with Crippen molar-refractivity contribution in [1.29, 1.82) is 0 Å². The molecule has 1 aliphatic heterocycles. The number of rotatable bonds is 9. The van der Waals surface area contributed by atoms with Gasteiger partial charge in [-0.3, -0.25) is 9.59 Å². The first-order valence-electron chi connectivity index (χ1n) is 15.2. The Balaban J connectivity index is 1.72. The van der Waals surface area contributed by atoms with Crippen molar-refractivity contribution < 1.29 is 29.3 Å². The van der Waals surface area contributed by atoms with Crippen molar-refractivity contribution in [3.63, 3.8) is 0 Å². The fraction of sp³-hybridized carbons (Fsp3) is 0.211. The number of aromatic hydroxyl groups is 1. The minimum atomic E-state index is -1.65. The van der Waals surface area contributed by atoms with Crippen LogP contribution < -0.4 is 4.74 Å². The van der Waals surface area contributed by atoms with E-state index in [1.54, 1.807) is 36.4 Å². The summed E-state index contributed by atoms with van der Waals surface area (Å²) in [5.41, 5.74) is 1.65. The van der Waals surface area contributed by atoms with E-state index in [0.29, 0.717) is 44.9 Å². The van der Waals surface area contributed by atoms with Crippen LogP contribution in [0.15, 0.2) is 102 Å². The molecule has 0 radical (unpaired) electrons. The van der Waals surface area contributed by atoms with E-state index < -0.39 is 17.6 Å². The Morgan fingerprint density at radius 1 is 0.915 bits per heavy atom. The van der Waals surface area contributed by atoms with E-state index in [0.717, 1.165) is 0 Å². The summed E-state index contributed by atoms with van der Waals surface area (Å²) in [6.45, 7) is 4.02. The molecule has 4 aromatic carbocycles. The topological polar surface area (TPSA) is 93.1 Å². The molecule has 9 heteroatoms. The lowest BCUT2D eigenvalue weighted by molar-refractivity contribution is -0.148. The first-order valence-corrected chi connectivity index (χ1v) is 16.3. The number of aliphatic hydroxyl groups excluding tert-OH is 1. The minimum absolute atomic E-state index is 0.00722. The lowest BCUT2D eigenvalue weighted by atomic mass is 9.65. The summed E-state index contributed by atoms with van der Waals surface area (Å²) in [5.74, 6) is -1.00. The number of fused-ring (bicyclic) bond motifs is 2. The molecule has 0 fully saturated rings. The highest BCUT2D eigenvalue weighted by Crippen LogP contribution is 2.60. The van der Waals surface area contributed by atoms with Crippen LogP contribution in [0.1, 0.15) is 43.4 Å². The molecule has 0 bridgehead atoms. The smallest absolute Gasteiger partial charge is 0.294 e. The van der Waals surface area contributed by atoms with Gasteiger partial charge < -0.3 is 19.7 Å². The normalized spacial score (nSPS) is 20.2. The zero-order valence-corrected chi connectivity index (χ0v) is 27.8. The number of aliphatic hydroxyl groups is 1. The number of benzene rings is 4. The molecule has 0 spiro atoms. The van der Waals surface area contributed by atoms with Crippen molar-refractivity contribution >= 4 is 52.6 Å². The second kappa shape index (κ2) is 13.1. The maximum absolute atomic E-state index is 12.8. The van der Waals surface area contributed by atoms with Gasteiger partial charge in [0.2, 0.25) is 0 Å². The lowest BCUT2D eigenvalue weighted by Gasteiger charge is -2.49. The second-order valence-corrected chi connectivity index (χ2v) is 13.1. The van der Waals surface area contributed by atoms with E-state index >= 15 is 0 Å². The van der Waals surface area contributed by atoms with Gasteiger partial charge in [-0.05, 0) is 41.3 Å². The number of ketones is 1. The van der Waals surface area contributed by atoms with Crippen molar-refractivity contribution in [2.45, 2.75) is 38.4 Å². The summed E-state index contributed by atoms with van der Waals surface area (Å²) in [5, 5.41) is 23.9. The Labute approximate surface area is 287 Å². The Kier molecular flexibility index (Phi) is 9.12. The first kappa shape index (κ1) is 32.7. The van der Waals surface area contributed by atoms with Crippen LogP contribution in [-0.2, 0) is 19.9 Å². The van der Waals surface area contributed by atoms with Gasteiger partial charge >= 0.3 is 0 Å². The van der Waals surface area contributed by atoms with Crippen LogP contribution in [0.2, 0.25) is 15.1 Å². The monoisotopic (exact) mass is 688 g/mol. The van der Waals surface area contributed by atoms with Gasteiger partial charge in [0.05, 0.1) is 26.5 Å². The summed E-state index contributed by atoms with van der Waals surface area (Å²) >= 11 is 19.7. The third-order valence-corrected chi connectivity index (χ3v) is 9.91. The molecule has 1 heterocycles. The third-order valence-electron chi connectivity index (χ3n) is 8.89. The number of phenolic OH excluding ortho intramolecular Hbond substituents is 1. The Morgan fingerprint density at radius 3 is 2.19 bits per heavy atom. The fourth-order valence-corrected chi connectivity index (χ4v) is 7.06. The average Bonchev–Trinajstić information content (AvgIpc) is 3.07. The predicted molar refractivity (Wildman–Crippen MR) is 184 cm³/mol. The maximum Gasteiger partial charge on any atom is 0.294 e. The molecule has 47 heavy (non-hydrogen) atoms. The van der Waals surface area contributed by atoms with E-state index in [4.69, 9.17) is 44.3 Å². The summed E-state index contributed by atoms with van der Waals surface area (Å²) in [7, 11) is 0. The van der Waals surface area contributed by atoms with Gasteiger partial charge in [-0.15, -0.1) is 0 Å². The van der Waals surface area contributed by atoms with Crippen molar-refractivity contribution in [3.8, 4) is 22.6 Å². The van der Waals surface area contributed by atoms with Crippen molar-refractivity contribution in [1.82, 2.24) is 0 Å². The molecule has 0 saturated heterocycles. The molecule has 1 aliphatic carbocycles. The van der Waals surface area contributed by atoms with Crippen LogP contribution in [0.4, 0.5) is 0 Å². The number of hydrogen-bond donors (Lipinski definition) is 2. The molecule has 3 unspecified atom stereocenters. The third kappa shape index (κ3) is 5.69. The highest BCUT2D eigenvalue weighted by atomic mass is 35.5. The van der Waals surface area contributed by atoms with Crippen LogP contribution in [0, 0.1) is 11.8 Å².